The summed E-state index contributed by atoms with van der Waals surface area (Å²) in [6.07, 6.45) is 11.0. The van der Waals surface area contributed by atoms with Crippen LogP contribution < -0.4 is 0 Å². The second-order valence-corrected chi connectivity index (χ2v) is 11.8. The van der Waals surface area contributed by atoms with Gasteiger partial charge in [-0.1, -0.05) is 43.3 Å². The lowest BCUT2D eigenvalue weighted by Gasteiger charge is -2.50. The van der Waals surface area contributed by atoms with E-state index >= 15 is 0 Å². The maximum absolute atomic E-state index is 12.7. The number of benzene rings is 2. The largest absolute Gasteiger partial charge is 0.508 e. The topological polar surface area (TPSA) is 55.1 Å². The van der Waals surface area contributed by atoms with Gasteiger partial charge in [0.1, 0.15) is 11.5 Å². The molecule has 3 aromatic rings. The number of hydrogen-bond acceptors (Lipinski definition) is 3. The Hall–Kier alpha value is -2.88. The van der Waals surface area contributed by atoms with Crippen molar-refractivity contribution in [2.45, 2.75) is 82.0 Å². The number of carbonyl (C=O) groups excluding carboxylic acids is 1. The van der Waals surface area contributed by atoms with Crippen LogP contribution in [0.5, 0.6) is 5.75 Å². The third-order valence-electron chi connectivity index (χ3n) is 9.70. The molecule has 3 aliphatic carbocycles. The summed E-state index contributed by atoms with van der Waals surface area (Å²) in [6.45, 7) is 2.47. The van der Waals surface area contributed by atoms with Crippen molar-refractivity contribution in [3.05, 3.63) is 82.7 Å². The molecule has 0 unspecified atom stereocenters. The first-order chi connectivity index (χ1) is 17.4. The van der Waals surface area contributed by atoms with Gasteiger partial charge in [-0.25, -0.2) is 0 Å². The molecule has 4 heteroatoms. The van der Waals surface area contributed by atoms with Crippen LogP contribution in [0.1, 0.15) is 91.7 Å². The fourth-order valence-electron chi connectivity index (χ4n) is 8.16. The standard InChI is InChI=1S/C32H38N2O2/c1-32-18-17-26-25-16-14-24(36)19-22(25)12-15-28(26)30(32)27(29-20-34(2)33-31(29)32)10-6-9-23(35)13-11-21-7-4-3-5-8-21/h3-5,7-8,14,16,19-20,26-28,30,36H,6,9-13,15,17-18H2,1-2H3/t26-,27-,28-,30+,32+/m1/s1. The van der Waals surface area contributed by atoms with Crippen LogP contribution in [-0.2, 0) is 30.1 Å². The molecule has 2 aromatic carbocycles. The van der Waals surface area contributed by atoms with E-state index in [1.807, 2.05) is 35.0 Å². The van der Waals surface area contributed by atoms with Crippen molar-refractivity contribution in [2.24, 2.45) is 18.9 Å². The first-order valence-corrected chi connectivity index (χ1v) is 13.9. The maximum Gasteiger partial charge on any atom is 0.133 e. The third-order valence-corrected chi connectivity index (χ3v) is 9.70. The number of aryl methyl sites for hydroxylation is 3. The van der Waals surface area contributed by atoms with E-state index in [2.05, 4.69) is 38.4 Å². The van der Waals surface area contributed by atoms with Crippen molar-refractivity contribution in [1.29, 1.82) is 0 Å². The van der Waals surface area contributed by atoms with Gasteiger partial charge >= 0.3 is 0 Å². The molecule has 1 saturated carbocycles. The van der Waals surface area contributed by atoms with E-state index in [0.29, 0.717) is 48.0 Å². The van der Waals surface area contributed by atoms with Gasteiger partial charge in [0.15, 0.2) is 0 Å². The summed E-state index contributed by atoms with van der Waals surface area (Å²) < 4.78 is 2.01. The highest BCUT2D eigenvalue weighted by Crippen LogP contribution is 2.64. The minimum absolute atomic E-state index is 0.119. The quantitative estimate of drug-likeness (QED) is 0.412. The van der Waals surface area contributed by atoms with Gasteiger partial charge in [0.2, 0.25) is 0 Å². The van der Waals surface area contributed by atoms with Gasteiger partial charge in [0.25, 0.3) is 0 Å². The molecular weight excluding hydrogens is 444 g/mol. The van der Waals surface area contributed by atoms with Gasteiger partial charge in [0.05, 0.1) is 5.69 Å². The summed E-state index contributed by atoms with van der Waals surface area (Å²) in [5, 5.41) is 15.1. The Morgan fingerprint density at radius 2 is 1.94 bits per heavy atom. The van der Waals surface area contributed by atoms with Gasteiger partial charge in [-0.2, -0.15) is 5.10 Å². The maximum atomic E-state index is 12.7. The van der Waals surface area contributed by atoms with Gasteiger partial charge in [-0.3, -0.25) is 9.48 Å². The number of hydrogen-bond donors (Lipinski definition) is 1. The zero-order valence-corrected chi connectivity index (χ0v) is 21.6. The summed E-state index contributed by atoms with van der Waals surface area (Å²) in [5.41, 5.74) is 6.94. The number of rotatable bonds is 7. The number of aromatic hydroxyl groups is 1. The van der Waals surface area contributed by atoms with Crippen molar-refractivity contribution < 1.29 is 9.90 Å². The zero-order chi connectivity index (χ0) is 24.9. The normalized spacial score (nSPS) is 28.2. The van der Waals surface area contributed by atoms with Gasteiger partial charge in [0, 0.05) is 31.5 Å². The molecule has 4 nitrogen and oxygen atoms in total. The van der Waals surface area contributed by atoms with E-state index < -0.39 is 0 Å². The van der Waals surface area contributed by atoms with Crippen molar-refractivity contribution in [2.75, 3.05) is 0 Å². The minimum Gasteiger partial charge on any atom is -0.508 e. The summed E-state index contributed by atoms with van der Waals surface area (Å²) in [4.78, 5) is 12.7. The molecule has 5 atom stereocenters. The molecule has 1 fully saturated rings. The van der Waals surface area contributed by atoms with Crippen LogP contribution in [0, 0.1) is 11.8 Å². The van der Waals surface area contributed by atoms with Crippen LogP contribution in [0.15, 0.2) is 54.7 Å². The Balaban J connectivity index is 1.20. The molecule has 0 saturated heterocycles. The van der Waals surface area contributed by atoms with Crippen LogP contribution in [-0.4, -0.2) is 20.7 Å². The number of phenols is 1. The van der Waals surface area contributed by atoms with E-state index in [4.69, 9.17) is 5.10 Å². The minimum atomic E-state index is 0.119. The molecule has 3 aliphatic rings. The smallest absolute Gasteiger partial charge is 0.133 e. The number of ketones is 1. The summed E-state index contributed by atoms with van der Waals surface area (Å²) in [7, 11) is 2.05. The Labute approximate surface area is 214 Å². The molecule has 0 bridgehead atoms. The lowest BCUT2D eigenvalue weighted by Crippen LogP contribution is -2.44. The molecule has 0 amide bonds. The van der Waals surface area contributed by atoms with Crippen LogP contribution >= 0.6 is 0 Å². The Morgan fingerprint density at radius 1 is 1.11 bits per heavy atom. The van der Waals surface area contributed by atoms with Crippen LogP contribution in [0.2, 0.25) is 0 Å². The van der Waals surface area contributed by atoms with Crippen molar-refractivity contribution in [3.63, 3.8) is 0 Å². The van der Waals surface area contributed by atoms with E-state index in [0.717, 1.165) is 32.1 Å². The van der Waals surface area contributed by atoms with E-state index in [9.17, 15) is 9.90 Å². The van der Waals surface area contributed by atoms with E-state index in [1.165, 1.54) is 40.8 Å². The summed E-state index contributed by atoms with van der Waals surface area (Å²) in [6, 6.07) is 16.4. The van der Waals surface area contributed by atoms with Crippen molar-refractivity contribution in [3.8, 4) is 5.75 Å². The Bertz CT molecular complexity index is 1260. The summed E-state index contributed by atoms with van der Waals surface area (Å²) >= 11 is 0. The molecule has 1 aromatic heterocycles. The van der Waals surface area contributed by atoms with E-state index in [-0.39, 0.29) is 5.41 Å². The second-order valence-electron chi connectivity index (χ2n) is 11.8. The lowest BCUT2D eigenvalue weighted by molar-refractivity contribution is -0.119. The zero-order valence-electron chi connectivity index (χ0n) is 21.6. The first kappa shape index (κ1) is 23.5. The predicted molar refractivity (Wildman–Crippen MR) is 142 cm³/mol. The average molecular weight is 483 g/mol. The van der Waals surface area contributed by atoms with Crippen LogP contribution in [0.4, 0.5) is 0 Å². The SMILES string of the molecule is Cn1cc2c(n1)[C@@]1(C)CC[C@@H]3c4ccc(O)cc4CC[C@H]3[C@@H]1[C@@H]2CCCC(=O)CCc1ccccc1. The molecule has 0 spiro atoms. The Kier molecular flexibility index (Phi) is 6.02. The number of carbonyl (C=O) groups is 1. The number of aromatic nitrogens is 2. The molecule has 0 radical (unpaired) electrons. The van der Waals surface area contributed by atoms with Gasteiger partial charge in [-0.15, -0.1) is 0 Å². The van der Waals surface area contributed by atoms with Crippen LogP contribution in [0.3, 0.4) is 0 Å². The third kappa shape index (κ3) is 3.99. The first-order valence-electron chi connectivity index (χ1n) is 13.9. The molecule has 0 aliphatic heterocycles. The predicted octanol–water partition coefficient (Wildman–Crippen LogP) is 6.61. The molecular formula is C32H38N2O2. The highest BCUT2D eigenvalue weighted by molar-refractivity contribution is 5.78. The van der Waals surface area contributed by atoms with Gasteiger partial charge < -0.3 is 5.11 Å². The number of Topliss-reactive ketones (excluding diaryl/α,β-unsaturated/α-hetero) is 1. The molecule has 1 heterocycles. The Morgan fingerprint density at radius 3 is 2.78 bits per heavy atom. The second kappa shape index (κ2) is 9.21. The highest BCUT2D eigenvalue weighted by atomic mass is 16.3. The lowest BCUT2D eigenvalue weighted by atomic mass is 9.53. The number of fused-ring (bicyclic) bond motifs is 7. The number of phenolic OH excluding ortho intramolecular Hbond substituents is 1. The van der Waals surface area contributed by atoms with Crippen molar-refractivity contribution in [1.82, 2.24) is 9.78 Å². The van der Waals surface area contributed by atoms with Crippen LogP contribution in [0.25, 0.3) is 0 Å². The highest BCUT2D eigenvalue weighted by Gasteiger charge is 2.58. The fraction of sp³-hybridized carbons (Fsp3) is 0.500. The monoisotopic (exact) mass is 482 g/mol. The molecule has 6 rings (SSSR count). The average Bonchev–Trinajstić information content (AvgIpc) is 3.37. The van der Waals surface area contributed by atoms with Crippen molar-refractivity contribution >= 4 is 5.78 Å². The fourth-order valence-corrected chi connectivity index (χ4v) is 8.16. The summed E-state index contributed by atoms with van der Waals surface area (Å²) in [5.74, 6) is 3.04. The molecule has 36 heavy (non-hydrogen) atoms. The van der Waals surface area contributed by atoms with E-state index in [1.54, 1.807) is 0 Å². The number of nitrogens with zero attached hydrogens (tertiary/aromatic N) is 2. The van der Waals surface area contributed by atoms with Gasteiger partial charge in [-0.05, 0) is 103 Å². The molecule has 188 valence electrons. The molecule has 1 N–H and O–H groups in total.